The summed E-state index contributed by atoms with van der Waals surface area (Å²) in [6.45, 7) is 6.73. The first-order chi connectivity index (χ1) is 8.92. The predicted octanol–water partition coefficient (Wildman–Crippen LogP) is 2.92. The second kappa shape index (κ2) is 6.17. The maximum Gasteiger partial charge on any atom is 0.342 e. The monoisotopic (exact) mass is 266 g/mol. The Kier molecular flexibility index (Phi) is 4.86. The standard InChI is InChI=1S/C13H18N2O4/c1-4-9(3)14(5-2)10-6-7-11(13(16)17)12(8-10)15(18)19/h6-9H,4-5H2,1-3H3,(H,16,17). The molecule has 0 fully saturated rings. The van der Waals surface area contributed by atoms with E-state index in [9.17, 15) is 14.9 Å². The van der Waals surface area contributed by atoms with Gasteiger partial charge in [0.1, 0.15) is 5.56 Å². The van der Waals surface area contributed by atoms with E-state index < -0.39 is 10.9 Å². The topological polar surface area (TPSA) is 83.7 Å². The summed E-state index contributed by atoms with van der Waals surface area (Å²) < 4.78 is 0. The Bertz CT molecular complexity index is 488. The number of carboxylic acid groups (broad SMARTS) is 1. The molecule has 0 saturated carbocycles. The third-order valence-corrected chi connectivity index (χ3v) is 3.20. The summed E-state index contributed by atoms with van der Waals surface area (Å²) in [6.07, 6.45) is 0.905. The first kappa shape index (κ1) is 14.9. The van der Waals surface area contributed by atoms with Crippen LogP contribution < -0.4 is 4.90 Å². The lowest BCUT2D eigenvalue weighted by Crippen LogP contribution is -2.32. The smallest absolute Gasteiger partial charge is 0.342 e. The van der Waals surface area contributed by atoms with Crippen LogP contribution in [0.1, 0.15) is 37.6 Å². The molecule has 0 aliphatic heterocycles. The van der Waals surface area contributed by atoms with E-state index in [1.54, 1.807) is 6.07 Å². The van der Waals surface area contributed by atoms with E-state index in [1.165, 1.54) is 12.1 Å². The molecule has 0 radical (unpaired) electrons. The van der Waals surface area contributed by atoms with Crippen molar-refractivity contribution in [2.75, 3.05) is 11.4 Å². The molecule has 0 aliphatic rings. The summed E-state index contributed by atoms with van der Waals surface area (Å²) in [5.41, 5.74) is 0.0225. The highest BCUT2D eigenvalue weighted by Gasteiger charge is 2.22. The Morgan fingerprint density at radius 2 is 2.11 bits per heavy atom. The van der Waals surface area contributed by atoms with Crippen molar-refractivity contribution in [3.8, 4) is 0 Å². The molecule has 1 atom stereocenters. The van der Waals surface area contributed by atoms with Gasteiger partial charge in [-0.25, -0.2) is 4.79 Å². The Hall–Kier alpha value is -2.11. The average Bonchev–Trinajstić information content (AvgIpc) is 2.38. The zero-order valence-electron chi connectivity index (χ0n) is 11.3. The van der Waals surface area contributed by atoms with E-state index in [2.05, 4.69) is 0 Å². The van der Waals surface area contributed by atoms with Crippen molar-refractivity contribution < 1.29 is 14.8 Å². The summed E-state index contributed by atoms with van der Waals surface area (Å²) >= 11 is 0. The number of nitrogens with zero attached hydrogens (tertiary/aromatic N) is 2. The first-order valence-electron chi connectivity index (χ1n) is 6.20. The van der Waals surface area contributed by atoms with Crippen molar-refractivity contribution in [1.29, 1.82) is 0 Å². The van der Waals surface area contributed by atoms with Gasteiger partial charge in [0.2, 0.25) is 0 Å². The van der Waals surface area contributed by atoms with E-state index in [0.29, 0.717) is 12.2 Å². The number of carbonyl (C=O) groups is 1. The quantitative estimate of drug-likeness (QED) is 0.632. The second-order valence-corrected chi connectivity index (χ2v) is 4.31. The summed E-state index contributed by atoms with van der Waals surface area (Å²) in [5.74, 6) is -1.29. The number of aromatic carboxylic acids is 1. The molecule has 1 aromatic carbocycles. The molecule has 6 heteroatoms. The third kappa shape index (κ3) is 3.21. The number of hydrogen-bond acceptors (Lipinski definition) is 4. The van der Waals surface area contributed by atoms with Gasteiger partial charge in [-0.1, -0.05) is 6.92 Å². The van der Waals surface area contributed by atoms with Crippen LogP contribution in [0.5, 0.6) is 0 Å². The largest absolute Gasteiger partial charge is 0.477 e. The van der Waals surface area contributed by atoms with E-state index in [1.807, 2.05) is 25.7 Å². The molecule has 1 aromatic rings. The van der Waals surface area contributed by atoms with E-state index >= 15 is 0 Å². The number of anilines is 1. The van der Waals surface area contributed by atoms with Gasteiger partial charge in [0.15, 0.2) is 0 Å². The highest BCUT2D eigenvalue weighted by molar-refractivity contribution is 5.93. The average molecular weight is 266 g/mol. The van der Waals surface area contributed by atoms with Crippen molar-refractivity contribution >= 4 is 17.3 Å². The number of rotatable bonds is 6. The van der Waals surface area contributed by atoms with Crippen LogP contribution in [-0.4, -0.2) is 28.6 Å². The van der Waals surface area contributed by atoms with E-state index in [-0.39, 0.29) is 17.3 Å². The molecule has 0 saturated heterocycles. The van der Waals surface area contributed by atoms with Crippen molar-refractivity contribution in [2.45, 2.75) is 33.2 Å². The van der Waals surface area contributed by atoms with Gasteiger partial charge in [0.05, 0.1) is 4.92 Å². The molecule has 6 nitrogen and oxygen atoms in total. The number of nitro groups is 1. The zero-order valence-corrected chi connectivity index (χ0v) is 11.3. The number of nitro benzene ring substituents is 1. The highest BCUT2D eigenvalue weighted by Crippen LogP contribution is 2.27. The summed E-state index contributed by atoms with van der Waals surface area (Å²) in [4.78, 5) is 23.3. The molecule has 1 unspecified atom stereocenters. The van der Waals surface area contributed by atoms with E-state index in [0.717, 1.165) is 6.42 Å². The molecule has 1 N–H and O–H groups in total. The molecule has 0 aliphatic carbocycles. The number of benzene rings is 1. The first-order valence-corrected chi connectivity index (χ1v) is 6.20. The van der Waals surface area contributed by atoms with Crippen LogP contribution >= 0.6 is 0 Å². The highest BCUT2D eigenvalue weighted by atomic mass is 16.6. The molecule has 0 heterocycles. The normalized spacial score (nSPS) is 11.9. The molecule has 0 amide bonds. The summed E-state index contributed by atoms with van der Waals surface area (Å²) in [7, 11) is 0. The van der Waals surface area contributed by atoms with Gasteiger partial charge < -0.3 is 10.0 Å². The Morgan fingerprint density at radius 1 is 1.47 bits per heavy atom. The van der Waals surface area contributed by atoms with Gasteiger partial charge >= 0.3 is 5.97 Å². The van der Waals surface area contributed by atoms with Gasteiger partial charge in [0, 0.05) is 24.3 Å². The maximum absolute atomic E-state index is 11.0. The molecule has 0 aromatic heterocycles. The van der Waals surface area contributed by atoms with Gasteiger partial charge in [-0.3, -0.25) is 10.1 Å². The minimum absolute atomic E-state index is 0.236. The van der Waals surface area contributed by atoms with Crippen LogP contribution in [0.15, 0.2) is 18.2 Å². The third-order valence-electron chi connectivity index (χ3n) is 3.20. The van der Waals surface area contributed by atoms with Gasteiger partial charge in [-0.05, 0) is 32.4 Å². The lowest BCUT2D eigenvalue weighted by molar-refractivity contribution is -0.385. The van der Waals surface area contributed by atoms with Crippen LogP contribution in [0.3, 0.4) is 0 Å². The molecular formula is C13H18N2O4. The van der Waals surface area contributed by atoms with Crippen LogP contribution in [0.2, 0.25) is 0 Å². The van der Waals surface area contributed by atoms with Crippen LogP contribution in [0, 0.1) is 10.1 Å². The van der Waals surface area contributed by atoms with Crippen molar-refractivity contribution in [2.24, 2.45) is 0 Å². The second-order valence-electron chi connectivity index (χ2n) is 4.31. The van der Waals surface area contributed by atoms with Crippen molar-refractivity contribution in [3.05, 3.63) is 33.9 Å². The van der Waals surface area contributed by atoms with E-state index in [4.69, 9.17) is 5.11 Å². The van der Waals surface area contributed by atoms with Gasteiger partial charge in [-0.2, -0.15) is 0 Å². The lowest BCUT2D eigenvalue weighted by Gasteiger charge is -2.29. The Morgan fingerprint density at radius 3 is 2.53 bits per heavy atom. The molecule has 19 heavy (non-hydrogen) atoms. The maximum atomic E-state index is 11.0. The molecule has 1 rings (SSSR count). The molecule has 0 bridgehead atoms. The predicted molar refractivity (Wildman–Crippen MR) is 72.8 cm³/mol. The van der Waals surface area contributed by atoms with Crippen LogP contribution in [0.4, 0.5) is 11.4 Å². The van der Waals surface area contributed by atoms with Crippen LogP contribution in [0.25, 0.3) is 0 Å². The number of carboxylic acids is 1. The zero-order chi connectivity index (χ0) is 14.6. The minimum Gasteiger partial charge on any atom is -0.477 e. The fraction of sp³-hybridized carbons (Fsp3) is 0.462. The molecule has 0 spiro atoms. The number of hydrogen-bond donors (Lipinski definition) is 1. The fourth-order valence-electron chi connectivity index (χ4n) is 2.00. The van der Waals surface area contributed by atoms with Crippen LogP contribution in [-0.2, 0) is 0 Å². The summed E-state index contributed by atoms with van der Waals surface area (Å²) in [6, 6.07) is 4.48. The van der Waals surface area contributed by atoms with Gasteiger partial charge in [0.25, 0.3) is 5.69 Å². The van der Waals surface area contributed by atoms with Gasteiger partial charge in [-0.15, -0.1) is 0 Å². The van der Waals surface area contributed by atoms with Crippen molar-refractivity contribution in [1.82, 2.24) is 0 Å². The lowest BCUT2D eigenvalue weighted by atomic mass is 10.1. The Labute approximate surface area is 111 Å². The SMILES string of the molecule is CCC(C)N(CC)c1ccc(C(=O)O)c([N+](=O)[O-])c1. The molecule has 104 valence electrons. The minimum atomic E-state index is -1.29. The summed E-state index contributed by atoms with van der Waals surface area (Å²) in [5, 5.41) is 19.9. The molecular weight excluding hydrogens is 248 g/mol. The fourth-order valence-corrected chi connectivity index (χ4v) is 2.00. The van der Waals surface area contributed by atoms with Crippen molar-refractivity contribution in [3.63, 3.8) is 0 Å². The Balaban J connectivity index is 3.28.